The number of nitrogens with one attached hydrogen (secondary N) is 2. The normalized spacial score (nSPS) is 17.6. The Labute approximate surface area is 98.7 Å². The molecule has 0 aromatic carbocycles. The second-order valence-electron chi connectivity index (χ2n) is 4.12. The van der Waals surface area contributed by atoms with Crippen molar-refractivity contribution in [2.75, 3.05) is 12.4 Å². The highest BCUT2D eigenvalue weighted by Gasteiger charge is 2.26. The standard InChI is InChI=1S/C10H16N4OS/c1-6(7-4-3-5-7)12-8(15)9-13-14-10(11-2)16-9/h6-7H,3-5H2,1-2H3,(H,11,14)(H,12,15). The van der Waals surface area contributed by atoms with E-state index >= 15 is 0 Å². The number of nitrogens with zero attached hydrogens (tertiary/aromatic N) is 2. The van der Waals surface area contributed by atoms with Gasteiger partial charge in [-0.1, -0.05) is 17.8 Å². The van der Waals surface area contributed by atoms with Gasteiger partial charge in [0, 0.05) is 13.1 Å². The summed E-state index contributed by atoms with van der Waals surface area (Å²) in [7, 11) is 1.76. The van der Waals surface area contributed by atoms with Crippen LogP contribution in [-0.4, -0.2) is 29.2 Å². The average molecular weight is 240 g/mol. The molecule has 1 atom stereocenters. The van der Waals surface area contributed by atoms with E-state index in [1.807, 2.05) is 0 Å². The lowest BCUT2D eigenvalue weighted by Gasteiger charge is -2.31. The second-order valence-corrected chi connectivity index (χ2v) is 5.09. The number of carbonyl (C=O) groups excluding carboxylic acids is 1. The first kappa shape index (κ1) is 11.3. The zero-order valence-electron chi connectivity index (χ0n) is 9.49. The van der Waals surface area contributed by atoms with Crippen molar-refractivity contribution in [3.05, 3.63) is 5.01 Å². The summed E-state index contributed by atoms with van der Waals surface area (Å²) in [5.74, 6) is 0.527. The number of hydrogen-bond donors (Lipinski definition) is 2. The Morgan fingerprint density at radius 1 is 1.50 bits per heavy atom. The molecule has 0 saturated heterocycles. The average Bonchev–Trinajstić information content (AvgIpc) is 2.62. The Morgan fingerprint density at radius 2 is 2.25 bits per heavy atom. The summed E-state index contributed by atoms with van der Waals surface area (Å²) in [4.78, 5) is 11.8. The van der Waals surface area contributed by atoms with Gasteiger partial charge < -0.3 is 10.6 Å². The van der Waals surface area contributed by atoms with Gasteiger partial charge in [-0.2, -0.15) is 0 Å². The summed E-state index contributed by atoms with van der Waals surface area (Å²) >= 11 is 1.27. The largest absolute Gasteiger partial charge is 0.363 e. The lowest BCUT2D eigenvalue weighted by molar-refractivity contribution is 0.0908. The van der Waals surface area contributed by atoms with E-state index in [2.05, 4.69) is 27.8 Å². The summed E-state index contributed by atoms with van der Waals surface area (Å²) in [6, 6.07) is 0.239. The zero-order chi connectivity index (χ0) is 11.5. The number of rotatable bonds is 4. The Bertz CT molecular complexity index is 375. The van der Waals surface area contributed by atoms with Crippen LogP contribution in [0, 0.1) is 5.92 Å². The topological polar surface area (TPSA) is 66.9 Å². The predicted molar refractivity (Wildman–Crippen MR) is 63.7 cm³/mol. The maximum atomic E-state index is 11.8. The Kier molecular flexibility index (Phi) is 3.38. The molecular formula is C10H16N4OS. The molecule has 88 valence electrons. The highest BCUT2D eigenvalue weighted by atomic mass is 32.1. The van der Waals surface area contributed by atoms with Gasteiger partial charge in [0.2, 0.25) is 10.1 Å². The SMILES string of the molecule is CNc1nnc(C(=O)NC(C)C2CCC2)s1. The van der Waals surface area contributed by atoms with Gasteiger partial charge in [-0.05, 0) is 25.7 Å². The fourth-order valence-corrected chi connectivity index (χ4v) is 2.34. The molecule has 0 spiro atoms. The molecule has 0 aliphatic heterocycles. The summed E-state index contributed by atoms with van der Waals surface area (Å²) in [5.41, 5.74) is 0. The predicted octanol–water partition coefficient (Wildman–Crippen LogP) is 1.50. The fraction of sp³-hybridized carbons (Fsp3) is 0.700. The van der Waals surface area contributed by atoms with Crippen molar-refractivity contribution in [1.82, 2.24) is 15.5 Å². The van der Waals surface area contributed by atoms with Crippen LogP contribution in [0.1, 0.15) is 36.0 Å². The van der Waals surface area contributed by atoms with Gasteiger partial charge in [0.05, 0.1) is 0 Å². The summed E-state index contributed by atoms with van der Waals surface area (Å²) in [5, 5.41) is 14.6. The van der Waals surface area contributed by atoms with Crippen molar-refractivity contribution in [2.45, 2.75) is 32.2 Å². The molecule has 16 heavy (non-hydrogen) atoms. The quantitative estimate of drug-likeness (QED) is 0.837. The number of amides is 1. The number of carbonyl (C=O) groups is 1. The molecule has 1 unspecified atom stereocenters. The van der Waals surface area contributed by atoms with Crippen LogP contribution in [0.2, 0.25) is 0 Å². The first-order valence-corrected chi connectivity index (χ1v) is 6.34. The fourth-order valence-electron chi connectivity index (χ4n) is 1.74. The van der Waals surface area contributed by atoms with Crippen LogP contribution in [0.25, 0.3) is 0 Å². The van der Waals surface area contributed by atoms with Crippen LogP contribution in [0.4, 0.5) is 5.13 Å². The van der Waals surface area contributed by atoms with Crippen molar-refractivity contribution in [2.24, 2.45) is 5.92 Å². The number of hydrogen-bond acceptors (Lipinski definition) is 5. The lowest BCUT2D eigenvalue weighted by Crippen LogP contribution is -2.40. The minimum absolute atomic E-state index is 0.113. The van der Waals surface area contributed by atoms with E-state index in [-0.39, 0.29) is 11.9 Å². The molecule has 0 radical (unpaired) electrons. The first-order valence-electron chi connectivity index (χ1n) is 5.53. The van der Waals surface area contributed by atoms with Crippen LogP contribution in [-0.2, 0) is 0 Å². The first-order chi connectivity index (χ1) is 7.70. The maximum absolute atomic E-state index is 11.8. The van der Waals surface area contributed by atoms with Crippen LogP contribution in [0.5, 0.6) is 0 Å². The molecule has 0 bridgehead atoms. The lowest BCUT2D eigenvalue weighted by atomic mass is 9.80. The van der Waals surface area contributed by atoms with Crippen LogP contribution >= 0.6 is 11.3 Å². The van der Waals surface area contributed by atoms with E-state index < -0.39 is 0 Å². The Morgan fingerprint density at radius 3 is 2.75 bits per heavy atom. The molecule has 2 N–H and O–H groups in total. The third-order valence-corrected chi connectivity index (χ3v) is 3.99. The Balaban J connectivity index is 1.91. The van der Waals surface area contributed by atoms with Gasteiger partial charge in [0.15, 0.2) is 0 Å². The Hall–Kier alpha value is -1.17. The summed E-state index contributed by atoms with van der Waals surface area (Å²) in [6.07, 6.45) is 3.73. The molecule has 1 heterocycles. The van der Waals surface area contributed by atoms with Crippen LogP contribution in [0.15, 0.2) is 0 Å². The molecule has 1 aromatic rings. The van der Waals surface area contributed by atoms with Gasteiger partial charge in [0.25, 0.3) is 5.91 Å². The van der Waals surface area contributed by atoms with Crippen LogP contribution in [0.3, 0.4) is 0 Å². The molecule has 1 amide bonds. The summed E-state index contributed by atoms with van der Waals surface area (Å²) < 4.78 is 0. The van der Waals surface area contributed by atoms with Gasteiger partial charge in [0.1, 0.15) is 0 Å². The van der Waals surface area contributed by atoms with Crippen molar-refractivity contribution in [3.8, 4) is 0 Å². The van der Waals surface area contributed by atoms with Gasteiger partial charge in [-0.15, -0.1) is 10.2 Å². The van der Waals surface area contributed by atoms with Gasteiger partial charge in [-0.25, -0.2) is 0 Å². The third kappa shape index (κ3) is 2.32. The third-order valence-electron chi connectivity index (χ3n) is 3.05. The molecule has 1 saturated carbocycles. The maximum Gasteiger partial charge on any atom is 0.282 e. The molecule has 1 aliphatic carbocycles. The number of aromatic nitrogens is 2. The smallest absolute Gasteiger partial charge is 0.282 e. The van der Waals surface area contributed by atoms with E-state index in [1.165, 1.54) is 30.6 Å². The van der Waals surface area contributed by atoms with Crippen molar-refractivity contribution in [3.63, 3.8) is 0 Å². The van der Waals surface area contributed by atoms with Gasteiger partial charge in [-0.3, -0.25) is 4.79 Å². The van der Waals surface area contributed by atoms with Crippen LogP contribution < -0.4 is 10.6 Å². The van der Waals surface area contributed by atoms with Crippen molar-refractivity contribution < 1.29 is 4.79 Å². The highest BCUT2D eigenvalue weighted by Crippen LogP contribution is 2.29. The minimum Gasteiger partial charge on any atom is -0.363 e. The van der Waals surface area contributed by atoms with E-state index in [1.54, 1.807) is 7.05 Å². The second kappa shape index (κ2) is 4.78. The van der Waals surface area contributed by atoms with Crippen molar-refractivity contribution >= 4 is 22.4 Å². The molecule has 5 nitrogen and oxygen atoms in total. The highest BCUT2D eigenvalue weighted by molar-refractivity contribution is 7.17. The molecule has 1 aliphatic rings. The van der Waals surface area contributed by atoms with E-state index in [9.17, 15) is 4.79 Å². The zero-order valence-corrected chi connectivity index (χ0v) is 10.3. The number of anilines is 1. The minimum atomic E-state index is -0.113. The van der Waals surface area contributed by atoms with E-state index in [0.29, 0.717) is 16.1 Å². The summed E-state index contributed by atoms with van der Waals surface area (Å²) in [6.45, 7) is 2.06. The van der Waals surface area contributed by atoms with Gasteiger partial charge >= 0.3 is 0 Å². The molecule has 6 heteroatoms. The molecule has 1 fully saturated rings. The molecule has 1 aromatic heterocycles. The molecule has 2 rings (SSSR count). The monoisotopic (exact) mass is 240 g/mol. The molecular weight excluding hydrogens is 224 g/mol. The van der Waals surface area contributed by atoms with Crippen molar-refractivity contribution in [1.29, 1.82) is 0 Å². The van der Waals surface area contributed by atoms with E-state index in [4.69, 9.17) is 0 Å². The van der Waals surface area contributed by atoms with E-state index in [0.717, 1.165) is 0 Å².